The van der Waals surface area contributed by atoms with Crippen LogP contribution in [-0.2, 0) is 0 Å². The highest BCUT2D eigenvalue weighted by atomic mass is 16.5. The van der Waals surface area contributed by atoms with E-state index in [9.17, 15) is 4.79 Å². The molecule has 1 aromatic heterocycles. The van der Waals surface area contributed by atoms with Crippen molar-refractivity contribution in [3.63, 3.8) is 0 Å². The fourth-order valence-electron chi connectivity index (χ4n) is 1.19. The molecule has 0 atom stereocenters. The molecule has 0 N–H and O–H groups in total. The van der Waals surface area contributed by atoms with Crippen LogP contribution in [0.4, 0.5) is 0 Å². The first-order valence-corrected chi connectivity index (χ1v) is 7.60. The molecule has 0 saturated carbocycles. The molecule has 0 spiro atoms. The molecule has 0 aliphatic heterocycles. The Balaban J connectivity index is 0. The Labute approximate surface area is 133 Å². The lowest BCUT2D eigenvalue weighted by molar-refractivity contribution is 0.101. The summed E-state index contributed by atoms with van der Waals surface area (Å²) < 4.78 is 9.60. The average molecular weight is 308 g/mol. The van der Waals surface area contributed by atoms with E-state index >= 15 is 0 Å². The molecule has 0 saturated heterocycles. The van der Waals surface area contributed by atoms with Gasteiger partial charge >= 0.3 is 0 Å². The number of benzene rings is 1. The van der Waals surface area contributed by atoms with Crippen LogP contribution in [0.2, 0.25) is 0 Å². The first-order chi connectivity index (χ1) is 10.6. The third-order valence-corrected chi connectivity index (χ3v) is 2.02. The molecule has 0 aliphatic carbocycles. The van der Waals surface area contributed by atoms with Gasteiger partial charge in [-0.1, -0.05) is 45.0 Å². The number of hydrogen-bond donors (Lipinski definition) is 0. The second kappa shape index (κ2) is 15.2. The lowest BCUT2D eigenvalue weighted by Crippen LogP contribution is -1.95. The van der Waals surface area contributed by atoms with Crippen LogP contribution in [0.3, 0.4) is 0 Å². The molecule has 1 aromatic carbocycles. The number of aromatic nitrogens is 2. The number of nitrogens with zero attached hydrogens (tertiary/aromatic N) is 2. The maximum absolute atomic E-state index is 10.9. The van der Waals surface area contributed by atoms with Crippen molar-refractivity contribution in [1.82, 2.24) is 10.1 Å². The summed E-state index contributed by atoms with van der Waals surface area (Å²) in [4.78, 5) is 14.6. The van der Waals surface area contributed by atoms with E-state index < -0.39 is 0 Å². The first-order valence-electron chi connectivity index (χ1n) is 7.60. The lowest BCUT2D eigenvalue weighted by Gasteiger charge is -2.02. The van der Waals surface area contributed by atoms with E-state index in [0.29, 0.717) is 18.0 Å². The van der Waals surface area contributed by atoms with Crippen molar-refractivity contribution in [2.75, 3.05) is 6.61 Å². The zero-order valence-electron chi connectivity index (χ0n) is 14.7. The molecule has 0 aliphatic rings. The summed E-state index contributed by atoms with van der Waals surface area (Å²) in [5.74, 6) is 1.50. The van der Waals surface area contributed by atoms with Gasteiger partial charge in [-0.15, -0.1) is 0 Å². The third kappa shape index (κ3) is 10.6. The Morgan fingerprint density at radius 2 is 1.86 bits per heavy atom. The summed E-state index contributed by atoms with van der Waals surface area (Å²) in [6.07, 6.45) is 1.30. The minimum Gasteiger partial charge on any atom is -0.494 e. The van der Waals surface area contributed by atoms with E-state index in [1.165, 1.54) is 6.39 Å². The topological polar surface area (TPSA) is 65.2 Å². The van der Waals surface area contributed by atoms with Crippen LogP contribution in [-0.4, -0.2) is 22.5 Å². The molecule has 0 amide bonds. The van der Waals surface area contributed by atoms with Gasteiger partial charge in [-0.25, -0.2) is 0 Å². The monoisotopic (exact) mass is 308 g/mol. The van der Waals surface area contributed by atoms with Gasteiger partial charge in [0.15, 0.2) is 11.6 Å². The van der Waals surface area contributed by atoms with E-state index in [0.717, 1.165) is 5.75 Å². The maximum atomic E-state index is 10.9. The molecule has 0 bridgehead atoms. The number of ketones is 1. The summed E-state index contributed by atoms with van der Waals surface area (Å²) >= 11 is 0. The number of Topliss-reactive ketones (excluding diaryl/α,β-unsaturated/α-hetero) is 1. The van der Waals surface area contributed by atoms with Gasteiger partial charge in [0, 0.05) is 5.56 Å². The fourth-order valence-corrected chi connectivity index (χ4v) is 1.19. The van der Waals surface area contributed by atoms with Crippen molar-refractivity contribution < 1.29 is 14.1 Å². The van der Waals surface area contributed by atoms with Gasteiger partial charge < -0.3 is 9.26 Å². The minimum atomic E-state index is 0.0663. The first kappa shape index (κ1) is 22.1. The van der Waals surface area contributed by atoms with Crippen LogP contribution >= 0.6 is 0 Å². The molecule has 2 aromatic rings. The van der Waals surface area contributed by atoms with Crippen molar-refractivity contribution in [3.8, 4) is 5.75 Å². The molecule has 0 unspecified atom stereocenters. The molecule has 22 heavy (non-hydrogen) atoms. The highest BCUT2D eigenvalue weighted by molar-refractivity contribution is 5.94. The molecule has 0 fully saturated rings. The predicted molar refractivity (Wildman–Crippen MR) is 89.3 cm³/mol. The number of carbonyl (C=O) groups is 1. The van der Waals surface area contributed by atoms with Crippen LogP contribution < -0.4 is 4.74 Å². The standard InChI is InChI=1S/C10H12O2.C3H4N2O.2C2H6/c1-3-12-10-6-4-5-9(7-10)8(2)11;1-3-4-2-6-5-3;2*1-2/h4-7H,3H2,1-2H3;2H,1H3;2*1-2H3. The summed E-state index contributed by atoms with van der Waals surface area (Å²) in [6, 6.07) is 7.20. The highest BCUT2D eigenvalue weighted by Gasteiger charge is 1.99. The van der Waals surface area contributed by atoms with Crippen molar-refractivity contribution in [2.24, 2.45) is 0 Å². The summed E-state index contributed by atoms with van der Waals surface area (Å²) in [5, 5.41) is 3.43. The molecular formula is C17H28N2O3. The van der Waals surface area contributed by atoms with Crippen LogP contribution in [0.1, 0.15) is 57.7 Å². The second-order valence-electron chi connectivity index (χ2n) is 3.50. The third-order valence-electron chi connectivity index (χ3n) is 2.02. The molecule has 2 rings (SSSR count). The normalized spacial score (nSPS) is 8.14. The largest absolute Gasteiger partial charge is 0.494 e. The van der Waals surface area contributed by atoms with Crippen LogP contribution in [0.5, 0.6) is 5.75 Å². The summed E-state index contributed by atoms with van der Waals surface area (Å²) in [6.45, 7) is 13.9. The predicted octanol–water partition coefficient (Wildman–Crippen LogP) is 4.72. The summed E-state index contributed by atoms with van der Waals surface area (Å²) in [7, 11) is 0. The number of aryl methyl sites for hydroxylation is 1. The quantitative estimate of drug-likeness (QED) is 0.768. The number of ether oxygens (including phenoxy) is 1. The van der Waals surface area contributed by atoms with E-state index in [2.05, 4.69) is 14.7 Å². The van der Waals surface area contributed by atoms with Crippen molar-refractivity contribution in [1.29, 1.82) is 0 Å². The van der Waals surface area contributed by atoms with Crippen molar-refractivity contribution in [3.05, 3.63) is 42.0 Å². The fraction of sp³-hybridized carbons (Fsp3) is 0.471. The Morgan fingerprint density at radius 3 is 2.23 bits per heavy atom. The number of hydrogen-bond acceptors (Lipinski definition) is 5. The Bertz CT molecular complexity index is 482. The molecule has 0 radical (unpaired) electrons. The lowest BCUT2D eigenvalue weighted by atomic mass is 10.1. The Morgan fingerprint density at radius 1 is 1.23 bits per heavy atom. The second-order valence-corrected chi connectivity index (χ2v) is 3.50. The van der Waals surface area contributed by atoms with Gasteiger partial charge in [0.05, 0.1) is 6.61 Å². The van der Waals surface area contributed by atoms with Gasteiger partial charge in [0.1, 0.15) is 5.75 Å². The molecule has 5 heteroatoms. The number of carbonyl (C=O) groups excluding carboxylic acids is 1. The van der Waals surface area contributed by atoms with Gasteiger partial charge in [-0.3, -0.25) is 4.79 Å². The highest BCUT2D eigenvalue weighted by Crippen LogP contribution is 2.13. The van der Waals surface area contributed by atoms with E-state index in [1.54, 1.807) is 26.0 Å². The van der Waals surface area contributed by atoms with Gasteiger partial charge in [-0.05, 0) is 32.9 Å². The van der Waals surface area contributed by atoms with Crippen LogP contribution in [0.25, 0.3) is 0 Å². The van der Waals surface area contributed by atoms with Gasteiger partial charge in [0.25, 0.3) is 0 Å². The molecule has 5 nitrogen and oxygen atoms in total. The maximum Gasteiger partial charge on any atom is 0.213 e. The minimum absolute atomic E-state index is 0.0663. The molecule has 1 heterocycles. The van der Waals surface area contributed by atoms with Crippen LogP contribution in [0.15, 0.2) is 35.2 Å². The summed E-state index contributed by atoms with van der Waals surface area (Å²) in [5.41, 5.74) is 0.695. The zero-order valence-corrected chi connectivity index (χ0v) is 14.7. The molecular weight excluding hydrogens is 280 g/mol. The Hall–Kier alpha value is -2.17. The van der Waals surface area contributed by atoms with E-state index in [1.807, 2.05) is 46.8 Å². The van der Waals surface area contributed by atoms with Gasteiger partial charge in [0.2, 0.25) is 6.39 Å². The van der Waals surface area contributed by atoms with E-state index in [4.69, 9.17) is 4.74 Å². The average Bonchev–Trinajstić information content (AvgIpc) is 3.03. The number of rotatable bonds is 3. The van der Waals surface area contributed by atoms with Gasteiger partial charge in [-0.2, -0.15) is 4.98 Å². The SMILES string of the molecule is CC.CC.CCOc1cccc(C(C)=O)c1.Cc1ncon1. The van der Waals surface area contributed by atoms with Crippen LogP contribution in [0, 0.1) is 6.92 Å². The molecule has 124 valence electrons. The zero-order chi connectivity index (χ0) is 17.4. The smallest absolute Gasteiger partial charge is 0.213 e. The van der Waals surface area contributed by atoms with Crippen molar-refractivity contribution >= 4 is 5.78 Å². The van der Waals surface area contributed by atoms with Crippen molar-refractivity contribution in [2.45, 2.75) is 48.5 Å². The Kier molecular flexibility index (Phi) is 15.3. The van der Waals surface area contributed by atoms with E-state index in [-0.39, 0.29) is 5.78 Å².